The number of benzene rings is 1. The third kappa shape index (κ3) is 1.32. The molecule has 0 heterocycles. The summed E-state index contributed by atoms with van der Waals surface area (Å²) in [4.78, 5) is 0. The highest BCUT2D eigenvalue weighted by Gasteiger charge is 2.02. The number of hydrogen-bond donors (Lipinski definition) is 0. The van der Waals surface area contributed by atoms with Gasteiger partial charge in [-0.25, -0.2) is 0 Å². The molecule has 1 aromatic carbocycles. The first-order valence-electron chi connectivity index (χ1n) is 3.18. The minimum Gasteiger partial charge on any atom is -0.495 e. The van der Waals surface area contributed by atoms with Crippen molar-refractivity contribution < 1.29 is 4.74 Å². The molecule has 0 aliphatic heterocycles. The van der Waals surface area contributed by atoms with Crippen LogP contribution < -0.4 is 4.74 Å². The summed E-state index contributed by atoms with van der Waals surface area (Å²) in [5.41, 5.74) is 1.27. The summed E-state index contributed by atoms with van der Waals surface area (Å²) in [6, 6.07) is 7.31. The second-order valence-corrected chi connectivity index (χ2v) is 2.11. The summed E-state index contributed by atoms with van der Waals surface area (Å²) < 4.78 is 4.98. The van der Waals surface area contributed by atoms with Crippen LogP contribution in [0.25, 0.3) is 0 Å². The number of hydrogen-bond acceptors (Lipinski definition) is 2. The summed E-state index contributed by atoms with van der Waals surface area (Å²) >= 11 is 0. The van der Waals surface area contributed by atoms with E-state index < -0.39 is 0 Å². The monoisotopic (exact) mass is 146 g/mol. The molecule has 1 rings (SSSR count). The van der Waals surface area contributed by atoms with Crippen LogP contribution in [0.4, 0.5) is 0 Å². The van der Waals surface area contributed by atoms with Crippen LogP contribution >= 0.6 is 0 Å². The van der Waals surface area contributed by atoms with Crippen molar-refractivity contribution in [1.82, 2.24) is 0 Å². The molecule has 0 fully saturated rings. The lowest BCUT2D eigenvalue weighted by Gasteiger charge is -2.04. The topological polar surface area (TPSA) is 33.0 Å². The summed E-state index contributed by atoms with van der Waals surface area (Å²) in [7, 11) is 1.53. The lowest BCUT2D eigenvalue weighted by atomic mass is 10.1. The van der Waals surface area contributed by atoms with E-state index in [1.54, 1.807) is 18.2 Å². The molecule has 0 aliphatic rings. The molecular formula is C9H8NO. The molecule has 0 amide bonds. The molecule has 1 aromatic rings. The molecule has 0 aromatic heterocycles. The summed E-state index contributed by atoms with van der Waals surface area (Å²) in [5.74, 6) is 0.565. The van der Waals surface area contributed by atoms with Gasteiger partial charge in [0.05, 0.1) is 12.7 Å². The van der Waals surface area contributed by atoms with Crippen LogP contribution in [0, 0.1) is 18.3 Å². The summed E-state index contributed by atoms with van der Waals surface area (Å²) in [5, 5.41) is 8.62. The fourth-order valence-electron chi connectivity index (χ4n) is 0.914. The van der Waals surface area contributed by atoms with Crippen LogP contribution in [-0.4, -0.2) is 7.11 Å². The Bertz CT molecular complexity index is 299. The van der Waals surface area contributed by atoms with Gasteiger partial charge < -0.3 is 4.74 Å². The van der Waals surface area contributed by atoms with Gasteiger partial charge in [0.1, 0.15) is 11.8 Å². The van der Waals surface area contributed by atoms with Crippen LogP contribution in [-0.2, 0) is 0 Å². The van der Waals surface area contributed by atoms with E-state index in [1.165, 1.54) is 7.11 Å². The van der Waals surface area contributed by atoms with E-state index >= 15 is 0 Å². The molecule has 0 spiro atoms. The van der Waals surface area contributed by atoms with Gasteiger partial charge in [-0.3, -0.25) is 0 Å². The smallest absolute Gasteiger partial charge is 0.139 e. The van der Waals surface area contributed by atoms with Crippen LogP contribution in [0.15, 0.2) is 18.2 Å². The van der Waals surface area contributed by atoms with Crippen molar-refractivity contribution in [2.75, 3.05) is 7.11 Å². The number of ether oxygens (including phenoxy) is 1. The maximum absolute atomic E-state index is 8.62. The van der Waals surface area contributed by atoms with Crippen LogP contribution in [0.3, 0.4) is 0 Å². The van der Waals surface area contributed by atoms with Crippen molar-refractivity contribution >= 4 is 0 Å². The minimum absolute atomic E-state index is 0.528. The van der Waals surface area contributed by atoms with E-state index in [-0.39, 0.29) is 0 Å². The van der Waals surface area contributed by atoms with Crippen LogP contribution in [0.5, 0.6) is 5.75 Å². The van der Waals surface area contributed by atoms with E-state index in [2.05, 4.69) is 6.92 Å². The third-order valence-electron chi connectivity index (χ3n) is 1.42. The fourth-order valence-corrected chi connectivity index (χ4v) is 0.914. The largest absolute Gasteiger partial charge is 0.495 e. The zero-order chi connectivity index (χ0) is 8.27. The third-order valence-corrected chi connectivity index (χ3v) is 1.42. The molecule has 2 nitrogen and oxygen atoms in total. The number of rotatable bonds is 1. The molecule has 2 heteroatoms. The predicted octanol–water partition coefficient (Wildman–Crippen LogP) is 1.75. The zero-order valence-corrected chi connectivity index (χ0v) is 6.29. The van der Waals surface area contributed by atoms with Gasteiger partial charge in [0.15, 0.2) is 0 Å². The Kier molecular flexibility index (Phi) is 2.12. The van der Waals surface area contributed by atoms with Crippen molar-refractivity contribution in [3.8, 4) is 11.8 Å². The Morgan fingerprint density at radius 3 is 2.73 bits per heavy atom. The lowest BCUT2D eigenvalue weighted by Crippen LogP contribution is -1.90. The quantitative estimate of drug-likeness (QED) is 0.604. The first kappa shape index (κ1) is 7.62. The highest BCUT2D eigenvalue weighted by molar-refractivity contribution is 5.49. The van der Waals surface area contributed by atoms with Crippen molar-refractivity contribution in [3.63, 3.8) is 0 Å². The van der Waals surface area contributed by atoms with Crippen molar-refractivity contribution in [1.29, 1.82) is 5.26 Å². The summed E-state index contributed by atoms with van der Waals surface area (Å²) in [6.07, 6.45) is 0. The van der Waals surface area contributed by atoms with Crippen molar-refractivity contribution in [2.24, 2.45) is 0 Å². The van der Waals surface area contributed by atoms with Gasteiger partial charge in [0.2, 0.25) is 0 Å². The second-order valence-electron chi connectivity index (χ2n) is 2.11. The van der Waals surface area contributed by atoms with Gasteiger partial charge in [-0.05, 0) is 18.6 Å². The van der Waals surface area contributed by atoms with E-state index in [0.29, 0.717) is 11.3 Å². The van der Waals surface area contributed by atoms with Crippen LogP contribution in [0.1, 0.15) is 11.1 Å². The molecule has 0 unspecified atom stereocenters. The van der Waals surface area contributed by atoms with Crippen molar-refractivity contribution in [2.45, 2.75) is 0 Å². The van der Waals surface area contributed by atoms with Gasteiger partial charge in [0, 0.05) is 0 Å². The molecule has 0 saturated heterocycles. The van der Waals surface area contributed by atoms with Gasteiger partial charge in [-0.2, -0.15) is 5.26 Å². The summed E-state index contributed by atoms with van der Waals surface area (Å²) in [6.45, 7) is 3.72. The maximum atomic E-state index is 8.62. The van der Waals surface area contributed by atoms with E-state index in [0.717, 1.165) is 5.56 Å². The Hall–Kier alpha value is -1.49. The SMILES string of the molecule is [CH2]c1cccc(C#N)c1OC. The molecule has 55 valence electrons. The highest BCUT2D eigenvalue weighted by Crippen LogP contribution is 2.21. The fraction of sp³-hybridized carbons (Fsp3) is 0.111. The van der Waals surface area contributed by atoms with E-state index in [4.69, 9.17) is 10.00 Å². The molecular weight excluding hydrogens is 138 g/mol. The first-order chi connectivity index (χ1) is 5.29. The van der Waals surface area contributed by atoms with Gasteiger partial charge in [-0.1, -0.05) is 12.1 Å². The Labute approximate surface area is 66.0 Å². The zero-order valence-electron chi connectivity index (χ0n) is 6.29. The number of para-hydroxylation sites is 1. The average Bonchev–Trinajstić information content (AvgIpc) is 2.04. The molecule has 1 radical (unpaired) electrons. The number of nitriles is 1. The lowest BCUT2D eigenvalue weighted by molar-refractivity contribution is 0.412. The minimum atomic E-state index is 0.528. The van der Waals surface area contributed by atoms with Gasteiger partial charge >= 0.3 is 0 Å². The number of methoxy groups -OCH3 is 1. The Balaban J connectivity index is 3.27. The average molecular weight is 146 g/mol. The Morgan fingerprint density at radius 2 is 2.27 bits per heavy atom. The molecule has 0 N–H and O–H groups in total. The molecule has 11 heavy (non-hydrogen) atoms. The van der Waals surface area contributed by atoms with Gasteiger partial charge in [-0.15, -0.1) is 0 Å². The maximum Gasteiger partial charge on any atom is 0.139 e. The van der Waals surface area contributed by atoms with Crippen molar-refractivity contribution in [3.05, 3.63) is 36.2 Å². The molecule has 0 saturated carbocycles. The Morgan fingerprint density at radius 1 is 1.55 bits per heavy atom. The van der Waals surface area contributed by atoms with E-state index in [1.807, 2.05) is 6.07 Å². The molecule has 0 aliphatic carbocycles. The van der Waals surface area contributed by atoms with Gasteiger partial charge in [0.25, 0.3) is 0 Å². The molecule has 0 bridgehead atoms. The molecule has 0 atom stereocenters. The van der Waals surface area contributed by atoms with E-state index in [9.17, 15) is 0 Å². The first-order valence-corrected chi connectivity index (χ1v) is 3.18. The van der Waals surface area contributed by atoms with Crippen LogP contribution in [0.2, 0.25) is 0 Å². The standard InChI is InChI=1S/C9H8NO/c1-7-4-3-5-8(6-10)9(7)11-2/h3-5H,1H2,2H3. The number of nitrogens with zero attached hydrogens (tertiary/aromatic N) is 1. The predicted molar refractivity (Wildman–Crippen MR) is 42.2 cm³/mol. The second kappa shape index (κ2) is 3.07. The highest BCUT2D eigenvalue weighted by atomic mass is 16.5. The normalized spacial score (nSPS) is 8.82.